The van der Waals surface area contributed by atoms with E-state index in [2.05, 4.69) is 15.0 Å². The van der Waals surface area contributed by atoms with E-state index in [-0.39, 0.29) is 43.4 Å². The van der Waals surface area contributed by atoms with Crippen LogP contribution in [0.3, 0.4) is 0 Å². The number of ether oxygens (including phenoxy) is 1. The summed E-state index contributed by atoms with van der Waals surface area (Å²) in [5, 5.41) is 12.0. The number of thiazole rings is 1. The summed E-state index contributed by atoms with van der Waals surface area (Å²) in [7, 11) is 0. The van der Waals surface area contributed by atoms with Crippen molar-refractivity contribution in [2.75, 3.05) is 16.8 Å². The summed E-state index contributed by atoms with van der Waals surface area (Å²) in [5.74, 6) is -0.564. The van der Waals surface area contributed by atoms with Crippen LogP contribution in [-0.4, -0.2) is 30.0 Å². The molecule has 10 heteroatoms. The number of nitrogens with one attached hydrogen (secondary N) is 1. The van der Waals surface area contributed by atoms with Gasteiger partial charge in [0.15, 0.2) is 5.13 Å². The van der Waals surface area contributed by atoms with Gasteiger partial charge in [-0.1, -0.05) is 18.2 Å². The SMILES string of the molecule is Cc1sc(NC(=O)CCC(=O)N(CCC#N)c2ccccc2)nc1-c1ccc(OC(F)F)cc1. The number of carbonyl (C=O) groups excluding carboxylic acids is 2. The Morgan fingerprint density at radius 2 is 1.85 bits per heavy atom. The Balaban J connectivity index is 1.59. The van der Waals surface area contributed by atoms with Gasteiger partial charge in [0.1, 0.15) is 5.75 Å². The Labute approximate surface area is 199 Å². The quantitative estimate of drug-likeness (QED) is 0.417. The lowest BCUT2D eigenvalue weighted by Crippen LogP contribution is -2.32. The van der Waals surface area contributed by atoms with E-state index in [1.807, 2.05) is 19.1 Å². The molecule has 1 N–H and O–H groups in total. The smallest absolute Gasteiger partial charge is 0.387 e. The fraction of sp³-hybridized carbons (Fsp3) is 0.250. The van der Waals surface area contributed by atoms with Crippen LogP contribution < -0.4 is 15.0 Å². The van der Waals surface area contributed by atoms with Crippen LogP contribution in [0.4, 0.5) is 19.6 Å². The molecule has 2 aromatic carbocycles. The molecule has 0 radical (unpaired) electrons. The number of nitrogens with zero attached hydrogens (tertiary/aromatic N) is 3. The Kier molecular flexibility index (Phi) is 8.65. The van der Waals surface area contributed by atoms with Crippen LogP contribution in [0, 0.1) is 18.3 Å². The highest BCUT2D eigenvalue weighted by Crippen LogP contribution is 2.31. The van der Waals surface area contributed by atoms with E-state index in [1.165, 1.54) is 28.4 Å². The number of carbonyl (C=O) groups is 2. The zero-order valence-corrected chi connectivity index (χ0v) is 19.1. The summed E-state index contributed by atoms with van der Waals surface area (Å²) in [5.41, 5.74) is 1.99. The summed E-state index contributed by atoms with van der Waals surface area (Å²) in [6, 6.07) is 17.1. The number of aryl methyl sites for hydroxylation is 1. The van der Waals surface area contributed by atoms with Gasteiger partial charge < -0.3 is 15.0 Å². The number of alkyl halides is 2. The van der Waals surface area contributed by atoms with Crippen molar-refractivity contribution in [1.29, 1.82) is 5.26 Å². The normalized spacial score (nSPS) is 10.6. The first-order valence-corrected chi connectivity index (χ1v) is 11.2. The lowest BCUT2D eigenvalue weighted by molar-refractivity contribution is -0.122. The van der Waals surface area contributed by atoms with Crippen molar-refractivity contribution >= 4 is 34.0 Å². The highest BCUT2D eigenvalue weighted by molar-refractivity contribution is 7.16. The van der Waals surface area contributed by atoms with Crippen molar-refractivity contribution in [3.05, 3.63) is 59.5 Å². The maximum absolute atomic E-state index is 12.7. The molecule has 0 spiro atoms. The van der Waals surface area contributed by atoms with Crippen molar-refractivity contribution in [2.45, 2.75) is 32.8 Å². The number of para-hydroxylation sites is 1. The van der Waals surface area contributed by atoms with E-state index in [9.17, 15) is 18.4 Å². The molecule has 7 nitrogen and oxygen atoms in total. The molecule has 1 aromatic heterocycles. The number of benzene rings is 2. The third-order valence-electron chi connectivity index (χ3n) is 4.78. The average molecular weight is 485 g/mol. The molecule has 3 aromatic rings. The standard InChI is InChI=1S/C24H22F2N4O3S/c1-16-22(17-8-10-19(11-9-17)33-23(25)26)29-24(34-16)28-20(31)12-13-21(32)30(15-5-14-27)18-6-3-2-4-7-18/h2-4,6-11,23H,5,12-13,15H2,1H3,(H,28,29,31). The molecule has 0 aliphatic carbocycles. The van der Waals surface area contributed by atoms with Crippen LogP contribution in [0.25, 0.3) is 11.3 Å². The monoisotopic (exact) mass is 484 g/mol. The summed E-state index contributed by atoms with van der Waals surface area (Å²) < 4.78 is 29.0. The van der Waals surface area contributed by atoms with Gasteiger partial charge in [0.2, 0.25) is 11.8 Å². The second kappa shape index (κ2) is 11.9. The molecule has 1 heterocycles. The Morgan fingerprint density at radius 1 is 1.15 bits per heavy atom. The molecular weight excluding hydrogens is 462 g/mol. The number of hydrogen-bond donors (Lipinski definition) is 1. The van der Waals surface area contributed by atoms with Crippen LogP contribution in [0.2, 0.25) is 0 Å². The number of anilines is 2. The van der Waals surface area contributed by atoms with Gasteiger partial charge in [0.25, 0.3) is 0 Å². The molecule has 34 heavy (non-hydrogen) atoms. The largest absolute Gasteiger partial charge is 0.435 e. The minimum atomic E-state index is -2.90. The Morgan fingerprint density at radius 3 is 2.50 bits per heavy atom. The molecule has 0 aliphatic rings. The first-order chi connectivity index (χ1) is 16.4. The second-order valence-corrected chi connectivity index (χ2v) is 8.37. The molecule has 0 saturated heterocycles. The van der Waals surface area contributed by atoms with Gasteiger partial charge >= 0.3 is 6.61 Å². The number of amides is 2. The molecule has 3 rings (SSSR count). The highest BCUT2D eigenvalue weighted by Gasteiger charge is 2.18. The highest BCUT2D eigenvalue weighted by atomic mass is 32.1. The average Bonchev–Trinajstić information content (AvgIpc) is 3.18. The van der Waals surface area contributed by atoms with E-state index in [0.717, 1.165) is 4.88 Å². The minimum absolute atomic E-state index is 0.0189. The maximum atomic E-state index is 12.7. The summed E-state index contributed by atoms with van der Waals surface area (Å²) in [6.07, 6.45) is 0.126. The Hall–Kier alpha value is -3.84. The number of hydrogen-bond acceptors (Lipinski definition) is 6. The van der Waals surface area contributed by atoms with Crippen LogP contribution in [0.1, 0.15) is 24.1 Å². The zero-order chi connectivity index (χ0) is 24.5. The molecule has 0 fully saturated rings. The van der Waals surface area contributed by atoms with Crippen LogP contribution >= 0.6 is 11.3 Å². The van der Waals surface area contributed by atoms with Gasteiger partial charge in [-0.05, 0) is 43.3 Å². The number of aromatic nitrogens is 1. The summed E-state index contributed by atoms with van der Waals surface area (Å²) in [6.45, 7) is -0.813. The minimum Gasteiger partial charge on any atom is -0.435 e. The summed E-state index contributed by atoms with van der Waals surface area (Å²) in [4.78, 5) is 31.9. The second-order valence-electron chi connectivity index (χ2n) is 7.16. The number of rotatable bonds is 10. The number of halogens is 2. The van der Waals surface area contributed by atoms with Crippen molar-refractivity contribution in [1.82, 2.24) is 4.98 Å². The third-order valence-corrected chi connectivity index (χ3v) is 5.66. The zero-order valence-electron chi connectivity index (χ0n) is 18.3. The van der Waals surface area contributed by atoms with Crippen LogP contribution in [0.15, 0.2) is 54.6 Å². The van der Waals surface area contributed by atoms with Gasteiger partial charge in [-0.2, -0.15) is 14.0 Å². The topological polar surface area (TPSA) is 95.3 Å². The molecular formula is C24H22F2N4O3S. The first kappa shape index (κ1) is 24.8. The number of nitriles is 1. The fourth-order valence-corrected chi connectivity index (χ4v) is 4.07. The van der Waals surface area contributed by atoms with Gasteiger partial charge in [-0.25, -0.2) is 4.98 Å². The maximum Gasteiger partial charge on any atom is 0.387 e. The predicted molar refractivity (Wildman–Crippen MR) is 126 cm³/mol. The van der Waals surface area contributed by atoms with Crippen molar-refractivity contribution in [3.63, 3.8) is 0 Å². The van der Waals surface area contributed by atoms with E-state index in [0.29, 0.717) is 22.1 Å². The molecule has 0 saturated carbocycles. The first-order valence-electron chi connectivity index (χ1n) is 10.4. The van der Waals surface area contributed by atoms with E-state index in [1.54, 1.807) is 36.4 Å². The van der Waals surface area contributed by atoms with Gasteiger partial charge in [-0.15, -0.1) is 11.3 Å². The van der Waals surface area contributed by atoms with Gasteiger partial charge in [0, 0.05) is 35.5 Å². The molecule has 0 bridgehead atoms. The molecule has 0 atom stereocenters. The third kappa shape index (κ3) is 6.83. The lowest BCUT2D eigenvalue weighted by Gasteiger charge is -2.21. The van der Waals surface area contributed by atoms with Crippen LogP contribution in [-0.2, 0) is 9.59 Å². The Bertz CT molecular complexity index is 1160. The summed E-state index contributed by atoms with van der Waals surface area (Å²) >= 11 is 1.28. The van der Waals surface area contributed by atoms with Gasteiger partial charge in [-0.3, -0.25) is 9.59 Å². The van der Waals surface area contributed by atoms with E-state index < -0.39 is 6.61 Å². The molecule has 0 aliphatic heterocycles. The molecule has 0 unspecified atom stereocenters. The van der Waals surface area contributed by atoms with Crippen molar-refractivity contribution < 1.29 is 23.1 Å². The van der Waals surface area contributed by atoms with Crippen LogP contribution in [0.5, 0.6) is 5.75 Å². The molecule has 176 valence electrons. The molecule has 2 amide bonds. The lowest BCUT2D eigenvalue weighted by atomic mass is 10.1. The van der Waals surface area contributed by atoms with Crippen molar-refractivity contribution in [2.24, 2.45) is 0 Å². The van der Waals surface area contributed by atoms with Crippen molar-refractivity contribution in [3.8, 4) is 23.1 Å². The predicted octanol–water partition coefficient (Wildman–Crippen LogP) is 5.39. The fourth-order valence-electron chi connectivity index (χ4n) is 3.22. The van der Waals surface area contributed by atoms with E-state index >= 15 is 0 Å². The van der Waals surface area contributed by atoms with Gasteiger partial charge in [0.05, 0.1) is 18.2 Å². The van der Waals surface area contributed by atoms with E-state index in [4.69, 9.17) is 5.26 Å².